The summed E-state index contributed by atoms with van der Waals surface area (Å²) < 4.78 is 0. The fraction of sp³-hybridized carbons (Fsp3) is 0.571. The summed E-state index contributed by atoms with van der Waals surface area (Å²) in [6.07, 6.45) is 0.370. The minimum Gasteiger partial charge on any atom is -0.379 e. The lowest BCUT2D eigenvalue weighted by molar-refractivity contribution is -0.117. The first-order valence-corrected chi connectivity index (χ1v) is 4.53. The Balaban J connectivity index is 2.55. The zero-order valence-corrected chi connectivity index (χ0v) is 7.33. The molecule has 0 aliphatic carbocycles. The molecule has 1 aliphatic heterocycles. The molecule has 1 rings (SSSR count). The van der Waals surface area contributed by atoms with Crippen molar-refractivity contribution in [3.8, 4) is 0 Å². The molecule has 0 unspecified atom stereocenters. The molecule has 1 aliphatic rings. The molecule has 0 aromatic rings. The predicted molar refractivity (Wildman–Crippen MR) is 47.0 cm³/mol. The number of hydrogen-bond donors (Lipinski definition) is 2. The highest BCUT2D eigenvalue weighted by Crippen LogP contribution is 2.22. The predicted octanol–water partition coefficient (Wildman–Crippen LogP) is 0.430. The van der Waals surface area contributed by atoms with Gasteiger partial charge in [0.15, 0.2) is 0 Å². The molecule has 0 atom stereocenters. The van der Waals surface area contributed by atoms with Gasteiger partial charge in [-0.1, -0.05) is 0 Å². The van der Waals surface area contributed by atoms with Gasteiger partial charge < -0.3 is 11.1 Å². The third-order valence-corrected chi connectivity index (χ3v) is 2.65. The Hall–Kier alpha value is -0.640. The molecule has 0 aromatic carbocycles. The number of carbonyl (C=O) groups excluding carboxylic acids is 1. The number of rotatable bonds is 2. The second kappa shape index (κ2) is 3.67. The molecule has 0 bridgehead atoms. The normalized spacial score (nSPS) is 21.2. The van der Waals surface area contributed by atoms with Gasteiger partial charge in [0.25, 0.3) is 0 Å². The Morgan fingerprint density at radius 2 is 2.55 bits per heavy atom. The van der Waals surface area contributed by atoms with Crippen LogP contribution in [-0.4, -0.2) is 18.2 Å². The molecule has 1 fully saturated rings. The number of nitrogens with two attached hydrogens (primary N) is 1. The van der Waals surface area contributed by atoms with Gasteiger partial charge in [-0.25, -0.2) is 0 Å². The van der Waals surface area contributed by atoms with E-state index in [4.69, 9.17) is 5.73 Å². The minimum atomic E-state index is -0.260. The zero-order chi connectivity index (χ0) is 8.27. The van der Waals surface area contributed by atoms with Crippen LogP contribution in [-0.2, 0) is 4.79 Å². The highest BCUT2D eigenvalue weighted by molar-refractivity contribution is 8.03. The molecular weight excluding hydrogens is 160 g/mol. The third-order valence-electron chi connectivity index (χ3n) is 1.46. The van der Waals surface area contributed by atoms with E-state index >= 15 is 0 Å². The van der Waals surface area contributed by atoms with Gasteiger partial charge in [0, 0.05) is 18.7 Å². The van der Waals surface area contributed by atoms with E-state index in [0.717, 1.165) is 22.9 Å². The molecule has 0 spiro atoms. The minimum absolute atomic E-state index is 0.260. The monoisotopic (exact) mass is 172 g/mol. The second-order valence-corrected chi connectivity index (χ2v) is 3.63. The van der Waals surface area contributed by atoms with Crippen molar-refractivity contribution < 1.29 is 4.79 Å². The van der Waals surface area contributed by atoms with E-state index in [1.54, 1.807) is 11.8 Å². The summed E-state index contributed by atoms with van der Waals surface area (Å²) in [5.74, 6) is 0.829. The first-order chi connectivity index (χ1) is 5.20. The standard InChI is InChI=1S/C7H12N2OS/c1-5(4-6(8)10)7-9-2-3-11-7/h9H,2-4H2,1H3,(H2,8,10). The largest absolute Gasteiger partial charge is 0.379 e. The van der Waals surface area contributed by atoms with E-state index in [0.29, 0.717) is 6.42 Å². The third kappa shape index (κ3) is 2.46. The van der Waals surface area contributed by atoms with E-state index in [-0.39, 0.29) is 5.91 Å². The van der Waals surface area contributed by atoms with Crippen LogP contribution in [0.15, 0.2) is 10.6 Å². The second-order valence-electron chi connectivity index (χ2n) is 2.53. The Kier molecular flexibility index (Phi) is 2.82. The summed E-state index contributed by atoms with van der Waals surface area (Å²) in [5, 5.41) is 4.33. The smallest absolute Gasteiger partial charge is 0.221 e. The summed E-state index contributed by atoms with van der Waals surface area (Å²) in [5.41, 5.74) is 6.11. The first-order valence-electron chi connectivity index (χ1n) is 3.55. The van der Waals surface area contributed by atoms with Crippen LogP contribution in [0.25, 0.3) is 0 Å². The van der Waals surface area contributed by atoms with Crippen LogP contribution in [0.2, 0.25) is 0 Å². The lowest BCUT2D eigenvalue weighted by atomic mass is 10.2. The Morgan fingerprint density at radius 3 is 3.00 bits per heavy atom. The van der Waals surface area contributed by atoms with Gasteiger partial charge in [-0.2, -0.15) is 0 Å². The summed E-state index contributed by atoms with van der Waals surface area (Å²) in [6, 6.07) is 0. The van der Waals surface area contributed by atoms with Gasteiger partial charge in [0.2, 0.25) is 5.91 Å². The van der Waals surface area contributed by atoms with Gasteiger partial charge in [0.05, 0.1) is 5.03 Å². The van der Waals surface area contributed by atoms with Crippen LogP contribution in [0.1, 0.15) is 13.3 Å². The quantitative estimate of drug-likeness (QED) is 0.635. The van der Waals surface area contributed by atoms with Gasteiger partial charge in [0.1, 0.15) is 0 Å². The van der Waals surface area contributed by atoms with Crippen molar-refractivity contribution in [2.45, 2.75) is 13.3 Å². The Labute approximate surface area is 70.4 Å². The summed E-state index contributed by atoms with van der Waals surface area (Å²) >= 11 is 1.75. The zero-order valence-electron chi connectivity index (χ0n) is 6.52. The summed E-state index contributed by atoms with van der Waals surface area (Å²) in [6.45, 7) is 2.93. The fourth-order valence-electron chi connectivity index (χ4n) is 0.984. The molecule has 1 amide bonds. The van der Waals surface area contributed by atoms with Crippen molar-refractivity contribution in [3.63, 3.8) is 0 Å². The number of carbonyl (C=O) groups is 1. The topological polar surface area (TPSA) is 55.1 Å². The van der Waals surface area contributed by atoms with Gasteiger partial charge in [-0.05, 0) is 12.5 Å². The number of nitrogens with one attached hydrogen (secondary N) is 1. The van der Waals surface area contributed by atoms with Crippen molar-refractivity contribution >= 4 is 17.7 Å². The van der Waals surface area contributed by atoms with Crippen LogP contribution >= 0.6 is 11.8 Å². The lowest BCUT2D eigenvalue weighted by Gasteiger charge is -2.02. The molecule has 3 nitrogen and oxygen atoms in total. The van der Waals surface area contributed by atoms with Crippen molar-refractivity contribution in [3.05, 3.63) is 10.6 Å². The maximum absolute atomic E-state index is 10.5. The Morgan fingerprint density at radius 1 is 1.82 bits per heavy atom. The SMILES string of the molecule is CC(CC(N)=O)=C1NCCS1. The molecule has 0 saturated carbocycles. The van der Waals surface area contributed by atoms with Crippen molar-refractivity contribution in [2.24, 2.45) is 5.73 Å². The number of hydrogen-bond acceptors (Lipinski definition) is 3. The van der Waals surface area contributed by atoms with E-state index < -0.39 is 0 Å². The molecular formula is C7H12N2OS. The molecule has 3 N–H and O–H groups in total. The molecule has 62 valence electrons. The number of primary amides is 1. The van der Waals surface area contributed by atoms with Crippen LogP contribution in [0, 0.1) is 0 Å². The average molecular weight is 172 g/mol. The molecule has 0 aromatic heterocycles. The summed E-state index contributed by atoms with van der Waals surface area (Å²) in [4.78, 5) is 10.5. The van der Waals surface area contributed by atoms with Gasteiger partial charge in [-0.15, -0.1) is 11.8 Å². The Bertz CT molecular complexity index is 193. The van der Waals surface area contributed by atoms with E-state index in [2.05, 4.69) is 5.32 Å². The van der Waals surface area contributed by atoms with Crippen LogP contribution in [0.5, 0.6) is 0 Å². The molecule has 1 saturated heterocycles. The van der Waals surface area contributed by atoms with Crippen molar-refractivity contribution in [2.75, 3.05) is 12.3 Å². The maximum atomic E-state index is 10.5. The first kappa shape index (κ1) is 8.46. The van der Waals surface area contributed by atoms with Gasteiger partial charge >= 0.3 is 0 Å². The van der Waals surface area contributed by atoms with E-state index in [1.807, 2.05) is 6.92 Å². The number of thioether (sulfide) groups is 1. The maximum Gasteiger partial charge on any atom is 0.221 e. The van der Waals surface area contributed by atoms with Crippen molar-refractivity contribution in [1.82, 2.24) is 5.32 Å². The molecule has 1 heterocycles. The molecule has 11 heavy (non-hydrogen) atoms. The van der Waals surface area contributed by atoms with Crippen molar-refractivity contribution in [1.29, 1.82) is 0 Å². The highest BCUT2D eigenvalue weighted by Gasteiger charge is 2.10. The lowest BCUT2D eigenvalue weighted by Crippen LogP contribution is -2.13. The molecule has 0 radical (unpaired) electrons. The fourth-order valence-corrected chi connectivity index (χ4v) is 1.92. The van der Waals surface area contributed by atoms with Crippen LogP contribution in [0.4, 0.5) is 0 Å². The van der Waals surface area contributed by atoms with E-state index in [1.165, 1.54) is 0 Å². The summed E-state index contributed by atoms with van der Waals surface area (Å²) in [7, 11) is 0. The van der Waals surface area contributed by atoms with E-state index in [9.17, 15) is 4.79 Å². The average Bonchev–Trinajstić information content (AvgIpc) is 2.35. The van der Waals surface area contributed by atoms with Crippen LogP contribution in [0.3, 0.4) is 0 Å². The van der Waals surface area contributed by atoms with Crippen LogP contribution < -0.4 is 11.1 Å². The highest BCUT2D eigenvalue weighted by atomic mass is 32.2. The van der Waals surface area contributed by atoms with Gasteiger partial charge in [-0.3, -0.25) is 4.79 Å². The molecule has 4 heteroatoms. The number of amides is 1.